The lowest BCUT2D eigenvalue weighted by molar-refractivity contribution is 0.215. The number of aromatic nitrogens is 1. The summed E-state index contributed by atoms with van der Waals surface area (Å²) >= 11 is 0. The normalized spacial score (nSPS) is 17.0. The molecule has 162 valence electrons. The number of nitrogens with one attached hydrogen (secondary N) is 2. The van der Waals surface area contributed by atoms with Crippen molar-refractivity contribution in [2.75, 3.05) is 32.7 Å². The molecule has 0 aliphatic carbocycles. The highest BCUT2D eigenvalue weighted by atomic mass is 127. The number of furan rings is 1. The first-order valence-electron chi connectivity index (χ1n) is 10.3. The SMILES string of the molecule is CCNC(=NCC(C)c1c(C)noc1C)NCC(c1ccco1)N1CCCC1.I. The smallest absolute Gasteiger partial charge is 0.191 e. The van der Waals surface area contributed by atoms with Gasteiger partial charge in [0.1, 0.15) is 11.5 Å². The second-order valence-corrected chi connectivity index (χ2v) is 7.51. The van der Waals surface area contributed by atoms with E-state index in [-0.39, 0.29) is 35.9 Å². The monoisotopic (exact) mass is 515 g/mol. The Bertz CT molecular complexity index is 734. The molecule has 0 amide bonds. The maximum atomic E-state index is 5.71. The van der Waals surface area contributed by atoms with Gasteiger partial charge in [-0.3, -0.25) is 9.89 Å². The number of nitrogens with zero attached hydrogens (tertiary/aromatic N) is 3. The molecule has 0 radical (unpaired) electrons. The van der Waals surface area contributed by atoms with E-state index in [1.807, 2.05) is 19.9 Å². The summed E-state index contributed by atoms with van der Waals surface area (Å²) in [6, 6.07) is 4.25. The van der Waals surface area contributed by atoms with Crippen LogP contribution in [-0.2, 0) is 0 Å². The molecule has 1 fully saturated rings. The molecule has 2 unspecified atom stereocenters. The largest absolute Gasteiger partial charge is 0.468 e. The Labute approximate surface area is 190 Å². The predicted octanol–water partition coefficient (Wildman–Crippen LogP) is 4.00. The lowest BCUT2D eigenvalue weighted by atomic mass is 10.00. The van der Waals surface area contributed by atoms with E-state index in [0.29, 0.717) is 6.54 Å². The molecule has 29 heavy (non-hydrogen) atoms. The number of aliphatic imine (C=N–C) groups is 1. The van der Waals surface area contributed by atoms with Gasteiger partial charge in [-0.2, -0.15) is 0 Å². The molecule has 2 N–H and O–H groups in total. The summed E-state index contributed by atoms with van der Waals surface area (Å²) in [4.78, 5) is 7.30. The zero-order chi connectivity index (χ0) is 19.9. The molecule has 0 aromatic carbocycles. The average molecular weight is 515 g/mol. The van der Waals surface area contributed by atoms with Crippen molar-refractivity contribution in [1.82, 2.24) is 20.7 Å². The fourth-order valence-electron chi connectivity index (χ4n) is 3.99. The Balaban J connectivity index is 0.00000300. The molecule has 2 aromatic heterocycles. The summed E-state index contributed by atoms with van der Waals surface area (Å²) in [6.45, 7) is 12.7. The van der Waals surface area contributed by atoms with Gasteiger partial charge in [0.05, 0.1) is 18.0 Å². The van der Waals surface area contributed by atoms with E-state index in [0.717, 1.165) is 54.9 Å². The molecule has 0 spiro atoms. The number of halogens is 1. The zero-order valence-electron chi connectivity index (χ0n) is 17.9. The lowest BCUT2D eigenvalue weighted by Gasteiger charge is -2.26. The summed E-state index contributed by atoms with van der Waals surface area (Å²) in [7, 11) is 0. The van der Waals surface area contributed by atoms with Crippen molar-refractivity contribution in [2.24, 2.45) is 4.99 Å². The Morgan fingerprint density at radius 1 is 1.28 bits per heavy atom. The molecule has 2 aromatic rings. The number of hydrogen-bond acceptors (Lipinski definition) is 5. The Kier molecular flexibility index (Phi) is 9.48. The molecule has 1 aliphatic heterocycles. The van der Waals surface area contributed by atoms with Crippen LogP contribution in [0.4, 0.5) is 0 Å². The average Bonchev–Trinajstić information content (AvgIpc) is 3.43. The third-order valence-corrected chi connectivity index (χ3v) is 5.36. The van der Waals surface area contributed by atoms with Crippen LogP contribution in [0.15, 0.2) is 32.3 Å². The third-order valence-electron chi connectivity index (χ3n) is 5.36. The van der Waals surface area contributed by atoms with Crippen molar-refractivity contribution < 1.29 is 8.94 Å². The molecule has 7 nitrogen and oxygen atoms in total. The molecule has 3 heterocycles. The van der Waals surface area contributed by atoms with Gasteiger partial charge >= 0.3 is 0 Å². The summed E-state index contributed by atoms with van der Waals surface area (Å²) < 4.78 is 11.0. The number of aryl methyl sites for hydroxylation is 2. The van der Waals surface area contributed by atoms with Gasteiger partial charge in [0.2, 0.25) is 0 Å². The van der Waals surface area contributed by atoms with Crippen LogP contribution in [0.25, 0.3) is 0 Å². The van der Waals surface area contributed by atoms with Gasteiger partial charge in [-0.25, -0.2) is 0 Å². The van der Waals surface area contributed by atoms with Crippen LogP contribution < -0.4 is 10.6 Å². The van der Waals surface area contributed by atoms with Crippen LogP contribution in [-0.4, -0.2) is 48.7 Å². The van der Waals surface area contributed by atoms with Gasteiger partial charge in [0.25, 0.3) is 0 Å². The van der Waals surface area contributed by atoms with Gasteiger partial charge in [-0.15, -0.1) is 24.0 Å². The fourth-order valence-corrected chi connectivity index (χ4v) is 3.99. The maximum absolute atomic E-state index is 5.71. The minimum atomic E-state index is 0. The van der Waals surface area contributed by atoms with Crippen LogP contribution in [0.1, 0.15) is 61.4 Å². The molecular formula is C21H34IN5O2. The first-order valence-corrected chi connectivity index (χ1v) is 10.3. The van der Waals surface area contributed by atoms with Gasteiger partial charge < -0.3 is 19.6 Å². The number of rotatable bonds is 8. The molecule has 3 rings (SSSR count). The zero-order valence-corrected chi connectivity index (χ0v) is 20.2. The van der Waals surface area contributed by atoms with E-state index in [2.05, 4.69) is 40.6 Å². The van der Waals surface area contributed by atoms with Crippen LogP contribution in [0, 0.1) is 13.8 Å². The molecule has 1 saturated heterocycles. The van der Waals surface area contributed by atoms with Crippen LogP contribution in [0.5, 0.6) is 0 Å². The van der Waals surface area contributed by atoms with Crippen molar-refractivity contribution >= 4 is 29.9 Å². The van der Waals surface area contributed by atoms with Gasteiger partial charge in [-0.1, -0.05) is 12.1 Å². The quantitative estimate of drug-likeness (QED) is 0.315. The topological polar surface area (TPSA) is 78.8 Å². The second kappa shape index (κ2) is 11.6. The molecule has 1 aliphatic rings. The summed E-state index contributed by atoms with van der Waals surface area (Å²) in [6.07, 6.45) is 4.25. The Morgan fingerprint density at radius 3 is 2.62 bits per heavy atom. The maximum Gasteiger partial charge on any atom is 0.191 e. The van der Waals surface area contributed by atoms with Crippen LogP contribution in [0.2, 0.25) is 0 Å². The summed E-state index contributed by atoms with van der Waals surface area (Å²) in [5.74, 6) is 2.97. The van der Waals surface area contributed by atoms with E-state index < -0.39 is 0 Å². The van der Waals surface area contributed by atoms with Gasteiger partial charge in [0, 0.05) is 31.1 Å². The standard InChI is InChI=1S/C21H33N5O2.HI/c1-5-22-21(23-13-15(2)20-16(3)25-28-17(20)4)24-14-18(19-9-8-12-27-19)26-10-6-7-11-26;/h8-9,12,15,18H,5-7,10-11,13-14H2,1-4H3,(H2,22,23,24);1H. The first-order chi connectivity index (χ1) is 13.6. The van der Waals surface area contributed by atoms with Crippen molar-refractivity contribution in [3.8, 4) is 0 Å². The van der Waals surface area contributed by atoms with E-state index in [9.17, 15) is 0 Å². The van der Waals surface area contributed by atoms with Gasteiger partial charge in [-0.05, 0) is 58.8 Å². The highest BCUT2D eigenvalue weighted by Crippen LogP contribution is 2.25. The van der Waals surface area contributed by atoms with E-state index in [1.54, 1.807) is 6.26 Å². The molecule has 0 saturated carbocycles. The van der Waals surface area contributed by atoms with Crippen molar-refractivity contribution in [3.05, 3.63) is 41.2 Å². The minimum Gasteiger partial charge on any atom is -0.468 e. The van der Waals surface area contributed by atoms with Crippen molar-refractivity contribution in [1.29, 1.82) is 0 Å². The lowest BCUT2D eigenvalue weighted by Crippen LogP contribution is -2.42. The Morgan fingerprint density at radius 2 is 2.03 bits per heavy atom. The number of hydrogen-bond donors (Lipinski definition) is 2. The van der Waals surface area contributed by atoms with E-state index in [4.69, 9.17) is 13.9 Å². The van der Waals surface area contributed by atoms with Gasteiger partial charge in [0.15, 0.2) is 5.96 Å². The molecule has 0 bridgehead atoms. The number of guanidine groups is 1. The molecule has 2 atom stereocenters. The fraction of sp³-hybridized carbons (Fsp3) is 0.619. The second-order valence-electron chi connectivity index (χ2n) is 7.51. The molecule has 8 heteroatoms. The van der Waals surface area contributed by atoms with Crippen molar-refractivity contribution in [3.63, 3.8) is 0 Å². The predicted molar refractivity (Wildman–Crippen MR) is 126 cm³/mol. The van der Waals surface area contributed by atoms with Crippen LogP contribution in [0.3, 0.4) is 0 Å². The molecular weight excluding hydrogens is 481 g/mol. The highest BCUT2D eigenvalue weighted by Gasteiger charge is 2.25. The van der Waals surface area contributed by atoms with E-state index in [1.165, 1.54) is 12.8 Å². The van der Waals surface area contributed by atoms with E-state index >= 15 is 0 Å². The first kappa shape index (κ1) is 23.7. The van der Waals surface area contributed by atoms with Crippen LogP contribution >= 0.6 is 24.0 Å². The van der Waals surface area contributed by atoms with Crippen molar-refractivity contribution in [2.45, 2.75) is 52.5 Å². The third kappa shape index (κ3) is 6.21. The minimum absolute atomic E-state index is 0. The number of likely N-dealkylation sites (tertiary alicyclic amines) is 1. The Hall–Kier alpha value is -1.55. The highest BCUT2D eigenvalue weighted by molar-refractivity contribution is 14.0. The summed E-state index contributed by atoms with van der Waals surface area (Å²) in [5, 5.41) is 10.9. The summed E-state index contributed by atoms with van der Waals surface area (Å²) in [5.41, 5.74) is 2.11.